The molecule has 3 rings (SSSR count). The van der Waals surface area contributed by atoms with Crippen LogP contribution in [0.25, 0.3) is 0 Å². The predicted molar refractivity (Wildman–Crippen MR) is 150 cm³/mol. The van der Waals surface area contributed by atoms with E-state index in [0.29, 0.717) is 70.0 Å². The SMILES string of the molecule is CCCOc1ccc(C(=O)N/N=C/c2cc(Br)c(OCc3cccc(Cl)c3)c(OCC)c2)cc1OCC. The molecule has 0 saturated carbocycles. The third-order valence-corrected chi connectivity index (χ3v) is 5.78. The average Bonchev–Trinajstić information content (AvgIpc) is 2.88. The van der Waals surface area contributed by atoms with Crippen molar-refractivity contribution in [3.8, 4) is 23.0 Å². The first-order chi connectivity index (χ1) is 17.9. The zero-order chi connectivity index (χ0) is 26.6. The van der Waals surface area contributed by atoms with Gasteiger partial charge in [-0.1, -0.05) is 30.7 Å². The third-order valence-electron chi connectivity index (χ3n) is 4.95. The molecule has 0 fully saturated rings. The van der Waals surface area contributed by atoms with Crippen LogP contribution in [0.1, 0.15) is 48.7 Å². The molecule has 0 aliphatic carbocycles. The number of hydrogen-bond donors (Lipinski definition) is 1. The predicted octanol–water partition coefficient (Wildman–Crippen LogP) is 7.03. The highest BCUT2D eigenvalue weighted by molar-refractivity contribution is 9.10. The highest BCUT2D eigenvalue weighted by Crippen LogP contribution is 2.37. The van der Waals surface area contributed by atoms with Gasteiger partial charge in [0.25, 0.3) is 5.91 Å². The van der Waals surface area contributed by atoms with Crippen LogP contribution in [0.5, 0.6) is 23.0 Å². The molecule has 0 heterocycles. The molecule has 0 atom stereocenters. The number of benzene rings is 3. The third kappa shape index (κ3) is 8.40. The normalized spacial score (nSPS) is 10.8. The monoisotopic (exact) mass is 588 g/mol. The van der Waals surface area contributed by atoms with E-state index < -0.39 is 0 Å². The lowest BCUT2D eigenvalue weighted by Crippen LogP contribution is -2.17. The van der Waals surface area contributed by atoms with Crippen LogP contribution in [0.4, 0.5) is 0 Å². The summed E-state index contributed by atoms with van der Waals surface area (Å²) in [5, 5.41) is 4.76. The van der Waals surface area contributed by atoms with E-state index in [-0.39, 0.29) is 5.91 Å². The molecule has 0 spiro atoms. The van der Waals surface area contributed by atoms with Crippen LogP contribution in [-0.4, -0.2) is 31.9 Å². The Kier molecular flexibility index (Phi) is 11.1. The molecule has 1 amide bonds. The Morgan fingerprint density at radius 3 is 2.46 bits per heavy atom. The standard InChI is InChI=1S/C28H30BrClN2O5/c1-4-12-36-24-11-10-21(16-25(24)34-5-2)28(33)32-31-17-20-14-23(29)27(26(15-20)35-6-3)37-18-19-8-7-9-22(30)13-19/h7-11,13-17H,4-6,12,18H2,1-3H3,(H,32,33)/b31-17+. The molecule has 1 N–H and O–H groups in total. The van der Waals surface area contributed by atoms with Crippen molar-refractivity contribution >= 4 is 39.7 Å². The topological polar surface area (TPSA) is 78.4 Å². The minimum Gasteiger partial charge on any atom is -0.490 e. The second-order valence-electron chi connectivity index (χ2n) is 7.82. The molecule has 3 aromatic carbocycles. The lowest BCUT2D eigenvalue weighted by atomic mass is 10.2. The van der Waals surface area contributed by atoms with E-state index >= 15 is 0 Å². The van der Waals surface area contributed by atoms with Gasteiger partial charge in [0, 0.05) is 10.6 Å². The fourth-order valence-corrected chi connectivity index (χ4v) is 4.11. The van der Waals surface area contributed by atoms with Gasteiger partial charge in [0.15, 0.2) is 23.0 Å². The highest BCUT2D eigenvalue weighted by Gasteiger charge is 2.14. The summed E-state index contributed by atoms with van der Waals surface area (Å²) in [6.07, 6.45) is 2.41. The van der Waals surface area contributed by atoms with Gasteiger partial charge in [-0.3, -0.25) is 4.79 Å². The van der Waals surface area contributed by atoms with Crippen LogP contribution in [-0.2, 0) is 6.61 Å². The van der Waals surface area contributed by atoms with Gasteiger partial charge >= 0.3 is 0 Å². The number of halogens is 2. The Balaban J connectivity index is 1.71. The molecule has 196 valence electrons. The maximum Gasteiger partial charge on any atom is 0.271 e. The fraction of sp³-hybridized carbons (Fsp3) is 0.286. The molecule has 0 radical (unpaired) electrons. The molecule has 0 aromatic heterocycles. The fourth-order valence-electron chi connectivity index (χ4n) is 3.33. The number of nitrogens with one attached hydrogen (secondary N) is 1. The van der Waals surface area contributed by atoms with Crippen molar-refractivity contribution in [3.05, 3.63) is 80.8 Å². The summed E-state index contributed by atoms with van der Waals surface area (Å²) in [6.45, 7) is 7.61. The number of hydrazone groups is 1. The van der Waals surface area contributed by atoms with Crippen molar-refractivity contribution in [2.75, 3.05) is 19.8 Å². The molecule has 0 bridgehead atoms. The van der Waals surface area contributed by atoms with Crippen molar-refractivity contribution in [1.29, 1.82) is 0 Å². The molecule has 37 heavy (non-hydrogen) atoms. The lowest BCUT2D eigenvalue weighted by Gasteiger charge is -2.15. The summed E-state index contributed by atoms with van der Waals surface area (Å²) in [4.78, 5) is 12.7. The Labute approximate surface area is 230 Å². The van der Waals surface area contributed by atoms with E-state index in [1.165, 1.54) is 6.21 Å². The van der Waals surface area contributed by atoms with Gasteiger partial charge in [0.2, 0.25) is 0 Å². The number of amides is 1. The maximum absolute atomic E-state index is 12.7. The summed E-state index contributed by atoms with van der Waals surface area (Å²) < 4.78 is 23.8. The molecule has 3 aromatic rings. The number of rotatable bonds is 13. The summed E-state index contributed by atoms with van der Waals surface area (Å²) >= 11 is 9.63. The molecular formula is C28H30BrClN2O5. The number of carbonyl (C=O) groups excluding carboxylic acids is 1. The van der Waals surface area contributed by atoms with Gasteiger partial charge in [0.1, 0.15) is 6.61 Å². The van der Waals surface area contributed by atoms with Crippen LogP contribution in [0.3, 0.4) is 0 Å². The van der Waals surface area contributed by atoms with Crippen molar-refractivity contribution in [2.24, 2.45) is 5.10 Å². The van der Waals surface area contributed by atoms with Gasteiger partial charge < -0.3 is 18.9 Å². The van der Waals surface area contributed by atoms with Crippen LogP contribution < -0.4 is 24.4 Å². The molecule has 0 aliphatic heterocycles. The van der Waals surface area contributed by atoms with Gasteiger partial charge in [-0.05, 0) is 89.8 Å². The van der Waals surface area contributed by atoms with Crippen LogP contribution in [0, 0.1) is 0 Å². The number of nitrogens with zero attached hydrogens (tertiary/aromatic N) is 1. The summed E-state index contributed by atoms with van der Waals surface area (Å²) in [7, 11) is 0. The Morgan fingerprint density at radius 1 is 0.946 bits per heavy atom. The first-order valence-corrected chi connectivity index (χ1v) is 13.2. The van der Waals surface area contributed by atoms with Crippen molar-refractivity contribution in [1.82, 2.24) is 5.43 Å². The molecule has 0 saturated heterocycles. The van der Waals surface area contributed by atoms with Gasteiger partial charge in [-0.25, -0.2) is 5.43 Å². The van der Waals surface area contributed by atoms with Gasteiger partial charge in [-0.2, -0.15) is 5.10 Å². The van der Waals surface area contributed by atoms with Crippen molar-refractivity contribution < 1.29 is 23.7 Å². The van der Waals surface area contributed by atoms with E-state index in [1.54, 1.807) is 24.3 Å². The number of hydrogen-bond acceptors (Lipinski definition) is 6. The van der Waals surface area contributed by atoms with Gasteiger partial charge in [0.05, 0.1) is 30.5 Å². The van der Waals surface area contributed by atoms with Crippen LogP contribution in [0.15, 0.2) is 64.2 Å². The molecule has 9 heteroatoms. The molecule has 7 nitrogen and oxygen atoms in total. The van der Waals surface area contributed by atoms with E-state index in [0.717, 1.165) is 12.0 Å². The first kappa shape index (κ1) is 28.3. The minimum absolute atomic E-state index is 0.328. The Hall–Kier alpha value is -3.23. The van der Waals surface area contributed by atoms with Crippen molar-refractivity contribution in [3.63, 3.8) is 0 Å². The molecule has 0 aliphatic rings. The summed E-state index contributed by atoms with van der Waals surface area (Å²) in [6, 6.07) is 16.2. The quantitative estimate of drug-likeness (QED) is 0.171. The second kappa shape index (κ2) is 14.5. The van der Waals surface area contributed by atoms with E-state index in [2.05, 4.69) is 26.5 Å². The zero-order valence-electron chi connectivity index (χ0n) is 21.1. The lowest BCUT2D eigenvalue weighted by molar-refractivity contribution is 0.0954. The zero-order valence-corrected chi connectivity index (χ0v) is 23.4. The van der Waals surface area contributed by atoms with Crippen LogP contribution >= 0.6 is 27.5 Å². The number of carbonyl (C=O) groups is 1. The Bertz CT molecular complexity index is 1240. The smallest absolute Gasteiger partial charge is 0.271 e. The van der Waals surface area contributed by atoms with Gasteiger partial charge in [-0.15, -0.1) is 0 Å². The van der Waals surface area contributed by atoms with Crippen molar-refractivity contribution in [2.45, 2.75) is 33.8 Å². The molecular weight excluding hydrogens is 560 g/mol. The van der Waals surface area contributed by atoms with E-state index in [9.17, 15) is 4.79 Å². The Morgan fingerprint density at radius 2 is 1.73 bits per heavy atom. The average molecular weight is 590 g/mol. The highest BCUT2D eigenvalue weighted by atomic mass is 79.9. The maximum atomic E-state index is 12.7. The molecule has 0 unspecified atom stereocenters. The second-order valence-corrected chi connectivity index (χ2v) is 9.11. The largest absolute Gasteiger partial charge is 0.490 e. The number of ether oxygens (including phenoxy) is 4. The summed E-state index contributed by atoms with van der Waals surface area (Å²) in [5.41, 5.74) is 4.61. The van der Waals surface area contributed by atoms with E-state index in [4.69, 9.17) is 30.5 Å². The first-order valence-electron chi connectivity index (χ1n) is 12.0. The summed E-state index contributed by atoms with van der Waals surface area (Å²) in [5.74, 6) is 1.87. The van der Waals surface area contributed by atoms with Crippen LogP contribution in [0.2, 0.25) is 5.02 Å². The minimum atomic E-state index is -0.371. The van der Waals surface area contributed by atoms with E-state index in [1.807, 2.05) is 51.1 Å².